The molecule has 6 aromatic rings. The second-order valence-corrected chi connectivity index (χ2v) is 16.7. The Hall–Kier alpha value is -6.84. The van der Waals surface area contributed by atoms with Gasteiger partial charge in [0.05, 0.1) is 28.8 Å². The molecule has 1 fully saturated rings. The Balaban J connectivity index is 1.27. The fourth-order valence-corrected chi connectivity index (χ4v) is 8.96. The first kappa shape index (κ1) is 46.7. The predicted molar refractivity (Wildman–Crippen MR) is 238 cm³/mol. The number of phenols is 1. The summed E-state index contributed by atoms with van der Waals surface area (Å²) in [5, 5.41) is 83.1. The fourth-order valence-electron chi connectivity index (χ4n) is 8.96. The number of hydrogen-bond acceptors (Lipinski definition) is 16. The number of aryl methyl sites for hydroxylation is 2. The van der Waals surface area contributed by atoms with Gasteiger partial charge in [0.2, 0.25) is 18.4 Å². The van der Waals surface area contributed by atoms with E-state index in [1.807, 2.05) is 32.0 Å². The highest BCUT2D eigenvalue weighted by atomic mass is 16.8. The molecule has 0 amide bonds. The smallest absolute Gasteiger partial charge is 0.335 e. The molecule has 0 unspecified atom stereocenters. The molecule has 3 aromatic heterocycles. The second-order valence-electron chi connectivity index (χ2n) is 16.7. The number of carbonyl (C=O) groups is 3. The fraction of sp³-hybridized carbons (Fsp3) is 0.333. The first-order valence-corrected chi connectivity index (χ1v) is 21.4. The minimum Gasteiger partial charge on any atom is -0.508 e. The number of esters is 1. The molecule has 352 valence electrons. The van der Waals surface area contributed by atoms with Gasteiger partial charge in [-0.05, 0) is 80.8 Å². The number of H-pyrrole nitrogens is 1. The minimum atomic E-state index is -3.08. The monoisotopic (exact) mass is 923 g/mol. The molecule has 0 spiro atoms. The summed E-state index contributed by atoms with van der Waals surface area (Å²) in [6.07, 6.45) is -5.54. The maximum Gasteiger partial charge on any atom is 0.335 e. The van der Waals surface area contributed by atoms with Crippen molar-refractivity contribution in [1.82, 2.24) is 15.0 Å². The van der Waals surface area contributed by atoms with Gasteiger partial charge >= 0.3 is 11.9 Å². The number of aldehydes is 1. The molecule has 19 nitrogen and oxygen atoms in total. The number of aromatic hydroxyl groups is 1. The number of hydrogen-bond donors (Lipinski definition) is 9. The van der Waals surface area contributed by atoms with E-state index in [-0.39, 0.29) is 47.4 Å². The zero-order chi connectivity index (χ0) is 47.8. The number of carboxylic acids is 1. The van der Waals surface area contributed by atoms with E-state index in [2.05, 4.69) is 10.3 Å². The first-order chi connectivity index (χ1) is 32.1. The molecule has 1 aliphatic heterocycles. The number of benzene rings is 3. The topological polar surface area (TPSA) is 293 Å². The van der Waals surface area contributed by atoms with E-state index in [0.717, 1.165) is 23.3 Å². The van der Waals surface area contributed by atoms with E-state index >= 15 is 0 Å². The number of ether oxygens (including phenoxy) is 3. The summed E-state index contributed by atoms with van der Waals surface area (Å²) in [5.74, 6) is -3.13. The van der Waals surface area contributed by atoms with Crippen molar-refractivity contribution in [2.75, 3.05) is 13.2 Å². The van der Waals surface area contributed by atoms with Gasteiger partial charge in [-0.2, -0.15) is 4.73 Å². The highest BCUT2D eigenvalue weighted by Crippen LogP contribution is 2.49. The molecule has 67 heavy (non-hydrogen) atoms. The Kier molecular flexibility index (Phi) is 13.1. The van der Waals surface area contributed by atoms with Gasteiger partial charge in [-0.15, -0.1) is 0 Å². The summed E-state index contributed by atoms with van der Waals surface area (Å²) in [5.41, 5.74) is -2.38. The van der Waals surface area contributed by atoms with Gasteiger partial charge in [0.15, 0.2) is 16.6 Å². The Morgan fingerprint density at radius 2 is 1.76 bits per heavy atom. The molecular weight excluding hydrogens is 875 g/mol. The van der Waals surface area contributed by atoms with Gasteiger partial charge in [0.25, 0.3) is 0 Å². The summed E-state index contributed by atoms with van der Waals surface area (Å²) in [6.45, 7) is 3.13. The third-order valence-electron chi connectivity index (χ3n) is 12.2. The number of aliphatic hydroxyl groups excluding tert-OH is 3. The van der Waals surface area contributed by atoms with Crippen LogP contribution in [0, 0.1) is 13.8 Å². The van der Waals surface area contributed by atoms with E-state index < -0.39 is 84.4 Å². The number of phenolic OH excluding ortho intramolecular Hbond substituents is 1. The predicted octanol–water partition coefficient (Wildman–Crippen LogP) is 2.40. The van der Waals surface area contributed by atoms with Crippen LogP contribution in [0.25, 0.3) is 44.3 Å². The maximum atomic E-state index is 13.7. The van der Waals surface area contributed by atoms with Crippen LogP contribution in [0.4, 0.5) is 0 Å². The van der Waals surface area contributed by atoms with Gasteiger partial charge in [-0.1, -0.05) is 35.4 Å². The van der Waals surface area contributed by atoms with E-state index in [1.54, 1.807) is 30.6 Å². The van der Waals surface area contributed by atoms with Gasteiger partial charge in [-0.3, -0.25) is 10.1 Å². The molecule has 9 N–H and O–H groups in total. The molecule has 2 aliphatic rings. The number of aromatic nitrogens is 2. The Morgan fingerprint density at radius 3 is 2.46 bits per heavy atom. The van der Waals surface area contributed by atoms with Crippen molar-refractivity contribution in [1.29, 1.82) is 0 Å². The SMILES string of the molecule is Cc1cc(C)cc(-c2c3[nH]ccc3cn2O[C@@H]2[C@@H](Oc3ccc4c(=O)c(-c5ccc(O)cc5)coc4c3)O[C@H]3[C@H](OC(=O)[C@H](NCCC=O)C(=O)O)C=C[C@@H](O)[C@@]3(O)[C@]2(O)[C@H](O)CCCO)c1. The number of carboxylic acid groups (broad SMARTS) is 1. The second kappa shape index (κ2) is 18.8. The van der Waals surface area contributed by atoms with Crippen LogP contribution in [0.3, 0.4) is 0 Å². The van der Waals surface area contributed by atoms with E-state index in [1.165, 1.54) is 41.3 Å². The lowest BCUT2D eigenvalue weighted by atomic mass is 9.63. The summed E-state index contributed by atoms with van der Waals surface area (Å²) in [7, 11) is 0. The van der Waals surface area contributed by atoms with Crippen LogP contribution in [-0.4, -0.2) is 131 Å². The highest BCUT2D eigenvalue weighted by Gasteiger charge is 2.75. The van der Waals surface area contributed by atoms with Crippen molar-refractivity contribution in [2.45, 2.75) is 87.2 Å². The van der Waals surface area contributed by atoms with Gasteiger partial charge in [-0.25, -0.2) is 9.59 Å². The van der Waals surface area contributed by atoms with Crippen molar-refractivity contribution in [3.63, 3.8) is 0 Å². The lowest BCUT2D eigenvalue weighted by Gasteiger charge is -2.60. The number of nitrogens with one attached hydrogen (secondary N) is 2. The molecule has 8 rings (SSSR count). The number of nitrogens with zero attached hydrogens (tertiary/aromatic N) is 1. The van der Waals surface area contributed by atoms with Crippen molar-refractivity contribution < 1.29 is 73.6 Å². The standard InChI is InChI=1S/C48H49N3O16/c1-25-19-26(2)21-29(20-25)40-38-28(14-16-50-38)23-51(40)67-43-46(64-31-10-11-32-35(22-31)63-24-33(41(32)57)27-6-8-30(54)9-7-27)66-42-34(65-45(60)39(44(58)59)49-15-4-18-53)12-13-37(56)47(42,61)48(43,62)36(55)5-3-17-52/h6-14,16,18-24,34,36-37,39,42-43,46,49-50,52,54-56,61-62H,3-5,15,17H2,1-2H3,(H,58,59)/t34-,36-,37-,39-,42+,43-,46+,47+,48+/m1/s1. The van der Waals surface area contributed by atoms with Crippen LogP contribution < -0.4 is 20.3 Å². The normalized spacial score (nSPS) is 24.5. The van der Waals surface area contributed by atoms with Crippen molar-refractivity contribution in [3.05, 3.63) is 119 Å². The zero-order valence-electron chi connectivity index (χ0n) is 36.1. The summed E-state index contributed by atoms with van der Waals surface area (Å²) < 4.78 is 25.8. The molecule has 0 bridgehead atoms. The van der Waals surface area contributed by atoms with Crippen molar-refractivity contribution >= 4 is 40.1 Å². The lowest BCUT2D eigenvalue weighted by molar-refractivity contribution is -0.393. The quantitative estimate of drug-likeness (QED) is 0.0209. The zero-order valence-corrected chi connectivity index (χ0v) is 36.1. The van der Waals surface area contributed by atoms with Crippen LogP contribution in [0.5, 0.6) is 11.5 Å². The highest BCUT2D eigenvalue weighted by molar-refractivity contribution is 5.98. The third kappa shape index (κ3) is 8.57. The molecule has 4 heterocycles. The van der Waals surface area contributed by atoms with Crippen molar-refractivity contribution in [3.8, 4) is 33.9 Å². The van der Waals surface area contributed by atoms with Crippen LogP contribution in [0.1, 0.15) is 30.4 Å². The van der Waals surface area contributed by atoms with Crippen LogP contribution in [-0.2, 0) is 23.9 Å². The molecule has 1 aliphatic carbocycles. The average Bonchev–Trinajstić information content (AvgIpc) is 3.89. The van der Waals surface area contributed by atoms with E-state index in [0.29, 0.717) is 34.0 Å². The molecule has 0 saturated carbocycles. The van der Waals surface area contributed by atoms with Crippen LogP contribution in [0.2, 0.25) is 0 Å². The first-order valence-electron chi connectivity index (χ1n) is 21.4. The largest absolute Gasteiger partial charge is 0.508 e. The molecule has 0 radical (unpaired) electrons. The number of aliphatic hydroxyl groups is 5. The maximum absolute atomic E-state index is 13.7. The van der Waals surface area contributed by atoms with E-state index in [4.69, 9.17) is 23.5 Å². The van der Waals surface area contributed by atoms with Crippen molar-refractivity contribution in [2.24, 2.45) is 0 Å². The number of aromatic amines is 1. The number of rotatable bonds is 17. The van der Waals surface area contributed by atoms with Crippen LogP contribution >= 0.6 is 0 Å². The van der Waals surface area contributed by atoms with Crippen LogP contribution in [0.15, 0.2) is 107 Å². The van der Waals surface area contributed by atoms with Gasteiger partial charge < -0.3 is 69.0 Å². The Morgan fingerprint density at radius 1 is 1.01 bits per heavy atom. The molecule has 9 atom stereocenters. The summed E-state index contributed by atoms with van der Waals surface area (Å²) in [4.78, 5) is 60.4. The molecular formula is C48H49N3O16. The number of aliphatic carboxylic acids is 1. The number of fused-ring (bicyclic) bond motifs is 3. The number of carbonyl (C=O) groups excluding carboxylic acids is 2. The average molecular weight is 924 g/mol. The molecule has 3 aromatic carbocycles. The lowest BCUT2D eigenvalue weighted by Crippen LogP contribution is -2.85. The minimum absolute atomic E-state index is 0.000779. The molecule has 1 saturated heterocycles. The van der Waals surface area contributed by atoms with Gasteiger partial charge in [0, 0.05) is 42.8 Å². The van der Waals surface area contributed by atoms with Gasteiger partial charge in [0.1, 0.15) is 53.6 Å². The Bertz CT molecular complexity index is 2870. The summed E-state index contributed by atoms with van der Waals surface area (Å²) in [6, 6.07) is 15.6. The third-order valence-corrected chi connectivity index (χ3v) is 12.2. The molecule has 19 heteroatoms. The summed E-state index contributed by atoms with van der Waals surface area (Å²) >= 11 is 0. The van der Waals surface area contributed by atoms with E-state index in [9.17, 15) is 54.9 Å². The Labute approximate surface area is 381 Å².